The van der Waals surface area contributed by atoms with Crippen molar-refractivity contribution in [2.45, 2.75) is 0 Å². The summed E-state index contributed by atoms with van der Waals surface area (Å²) >= 11 is 0. The molecule has 0 fully saturated rings. The first-order valence-corrected chi connectivity index (χ1v) is 3.69. The number of carbonyl (C=O) groups excluding carboxylic acids is 1. The predicted molar refractivity (Wildman–Crippen MR) is 44.9 cm³/mol. The summed E-state index contributed by atoms with van der Waals surface area (Å²) in [7, 11) is 0. The van der Waals surface area contributed by atoms with Crippen LogP contribution in [0.1, 0.15) is 0 Å². The van der Waals surface area contributed by atoms with Crippen molar-refractivity contribution in [3.8, 4) is 5.75 Å². The van der Waals surface area contributed by atoms with Crippen molar-refractivity contribution in [1.29, 1.82) is 0 Å². The summed E-state index contributed by atoms with van der Waals surface area (Å²) < 4.78 is 17.8. The molecular formula is C9H6FNO2. The number of H-pyrrole nitrogens is 1. The highest BCUT2D eigenvalue weighted by Crippen LogP contribution is 2.27. The molecule has 1 N–H and O–H groups in total. The minimum atomic E-state index is -0.407. The molecule has 0 radical (unpaired) electrons. The van der Waals surface area contributed by atoms with E-state index in [9.17, 15) is 9.18 Å². The minimum Gasteiger partial charge on any atom is -0.426 e. The number of hydrogen-bond donors (Lipinski definition) is 1. The molecule has 0 aliphatic heterocycles. The van der Waals surface area contributed by atoms with Crippen LogP contribution in [-0.4, -0.2) is 11.5 Å². The summed E-state index contributed by atoms with van der Waals surface area (Å²) in [6.45, 7) is 0.273. The zero-order valence-electron chi connectivity index (χ0n) is 6.58. The molecule has 0 saturated heterocycles. The number of aromatic nitrogens is 1. The van der Waals surface area contributed by atoms with Crippen LogP contribution in [0, 0.1) is 5.82 Å². The van der Waals surface area contributed by atoms with E-state index in [4.69, 9.17) is 0 Å². The topological polar surface area (TPSA) is 42.1 Å². The molecule has 0 aliphatic carbocycles. The smallest absolute Gasteiger partial charge is 0.298 e. The van der Waals surface area contributed by atoms with Gasteiger partial charge in [0.25, 0.3) is 6.47 Å². The number of carbonyl (C=O) groups is 1. The van der Waals surface area contributed by atoms with Gasteiger partial charge in [0, 0.05) is 6.20 Å². The van der Waals surface area contributed by atoms with Crippen LogP contribution >= 0.6 is 0 Å². The normalized spacial score (nSPS) is 10.2. The van der Waals surface area contributed by atoms with Crippen molar-refractivity contribution in [3.05, 3.63) is 30.2 Å². The lowest BCUT2D eigenvalue weighted by Gasteiger charge is -1.95. The van der Waals surface area contributed by atoms with Crippen molar-refractivity contribution < 1.29 is 13.9 Å². The van der Waals surface area contributed by atoms with Gasteiger partial charge in [0.15, 0.2) is 5.75 Å². The molecule has 0 unspecified atom stereocenters. The Labute approximate surface area is 73.1 Å². The van der Waals surface area contributed by atoms with Crippen LogP contribution in [-0.2, 0) is 4.79 Å². The van der Waals surface area contributed by atoms with Crippen LogP contribution in [0.25, 0.3) is 10.9 Å². The zero-order valence-corrected chi connectivity index (χ0v) is 6.58. The maximum atomic E-state index is 13.2. The molecule has 3 nitrogen and oxygen atoms in total. The molecule has 4 heteroatoms. The third-order valence-electron chi connectivity index (χ3n) is 1.79. The molecule has 1 aromatic carbocycles. The Morgan fingerprint density at radius 1 is 1.46 bits per heavy atom. The van der Waals surface area contributed by atoms with Gasteiger partial charge in [0.2, 0.25) is 0 Å². The van der Waals surface area contributed by atoms with E-state index >= 15 is 0 Å². The molecule has 0 amide bonds. The predicted octanol–water partition coefficient (Wildman–Crippen LogP) is 1.84. The number of ether oxygens (including phenoxy) is 1. The van der Waals surface area contributed by atoms with Crippen LogP contribution < -0.4 is 4.74 Å². The Morgan fingerprint density at radius 2 is 2.31 bits per heavy atom. The lowest BCUT2D eigenvalue weighted by atomic mass is 10.2. The van der Waals surface area contributed by atoms with E-state index < -0.39 is 5.82 Å². The second-order valence-electron chi connectivity index (χ2n) is 2.53. The number of halogens is 1. The maximum absolute atomic E-state index is 13.2. The first-order chi connectivity index (χ1) is 6.33. The molecule has 66 valence electrons. The Hall–Kier alpha value is -1.84. The third-order valence-corrected chi connectivity index (χ3v) is 1.79. The number of benzene rings is 1. The van der Waals surface area contributed by atoms with E-state index in [1.165, 1.54) is 12.3 Å². The molecule has 0 spiro atoms. The van der Waals surface area contributed by atoms with E-state index in [-0.39, 0.29) is 12.2 Å². The van der Waals surface area contributed by atoms with Gasteiger partial charge in [-0.3, -0.25) is 4.79 Å². The van der Waals surface area contributed by atoms with Crippen LogP contribution in [0.5, 0.6) is 5.75 Å². The monoisotopic (exact) mass is 179 g/mol. The first kappa shape index (κ1) is 7.79. The molecule has 2 rings (SSSR count). The molecule has 1 aromatic heterocycles. The fourth-order valence-corrected chi connectivity index (χ4v) is 1.26. The summed E-state index contributed by atoms with van der Waals surface area (Å²) in [6, 6.07) is 4.60. The number of aromatic amines is 1. The zero-order chi connectivity index (χ0) is 9.26. The molecular weight excluding hydrogens is 173 g/mol. The van der Waals surface area contributed by atoms with E-state index in [0.29, 0.717) is 10.9 Å². The highest BCUT2D eigenvalue weighted by atomic mass is 19.1. The van der Waals surface area contributed by atoms with E-state index in [1.807, 2.05) is 0 Å². The second kappa shape index (κ2) is 2.90. The summed E-state index contributed by atoms with van der Waals surface area (Å²) in [5.41, 5.74) is 0.608. The lowest BCUT2D eigenvalue weighted by molar-refractivity contribution is -0.120. The Kier molecular flexibility index (Phi) is 1.73. The van der Waals surface area contributed by atoms with Crippen molar-refractivity contribution >= 4 is 17.4 Å². The molecule has 0 aliphatic rings. The van der Waals surface area contributed by atoms with Gasteiger partial charge in [0.1, 0.15) is 5.82 Å². The van der Waals surface area contributed by atoms with Crippen molar-refractivity contribution in [2.24, 2.45) is 0 Å². The van der Waals surface area contributed by atoms with Gasteiger partial charge >= 0.3 is 0 Å². The van der Waals surface area contributed by atoms with Gasteiger partial charge in [-0.15, -0.1) is 0 Å². The number of rotatable bonds is 2. The van der Waals surface area contributed by atoms with Crippen LogP contribution in [0.3, 0.4) is 0 Å². The Balaban J connectivity index is 2.70. The Morgan fingerprint density at radius 3 is 3.08 bits per heavy atom. The average Bonchev–Trinajstić information content (AvgIpc) is 2.51. The summed E-state index contributed by atoms with van der Waals surface area (Å²) in [5, 5.41) is 0.301. The summed E-state index contributed by atoms with van der Waals surface area (Å²) in [4.78, 5) is 12.9. The highest BCUT2D eigenvalue weighted by molar-refractivity contribution is 5.87. The van der Waals surface area contributed by atoms with Crippen LogP contribution in [0.4, 0.5) is 4.39 Å². The lowest BCUT2D eigenvalue weighted by Crippen LogP contribution is -1.87. The van der Waals surface area contributed by atoms with Gasteiger partial charge in [-0.2, -0.15) is 0 Å². The molecule has 13 heavy (non-hydrogen) atoms. The fraction of sp³-hybridized carbons (Fsp3) is 0. The van der Waals surface area contributed by atoms with Gasteiger partial charge in [0.05, 0.1) is 10.9 Å². The van der Waals surface area contributed by atoms with Gasteiger partial charge in [-0.05, 0) is 12.1 Å². The minimum absolute atomic E-state index is 0.211. The standard InChI is InChI=1S/C9H6FNO2/c10-6-2-1-3-7-9(6)8(4-11-7)13-5-12/h1-5,11H. The fourth-order valence-electron chi connectivity index (χ4n) is 1.26. The molecule has 0 atom stereocenters. The quantitative estimate of drug-likeness (QED) is 0.714. The number of hydrogen-bond acceptors (Lipinski definition) is 2. The van der Waals surface area contributed by atoms with Gasteiger partial charge < -0.3 is 9.72 Å². The maximum Gasteiger partial charge on any atom is 0.298 e. The molecule has 0 bridgehead atoms. The van der Waals surface area contributed by atoms with Crippen LogP contribution in [0.2, 0.25) is 0 Å². The van der Waals surface area contributed by atoms with Crippen molar-refractivity contribution in [1.82, 2.24) is 4.98 Å². The third kappa shape index (κ3) is 1.16. The van der Waals surface area contributed by atoms with E-state index in [1.54, 1.807) is 12.1 Å². The largest absolute Gasteiger partial charge is 0.426 e. The number of fused-ring (bicyclic) bond motifs is 1. The molecule has 2 aromatic rings. The summed E-state index contributed by atoms with van der Waals surface area (Å²) in [6.07, 6.45) is 1.45. The van der Waals surface area contributed by atoms with Crippen molar-refractivity contribution in [2.75, 3.05) is 0 Å². The van der Waals surface area contributed by atoms with Gasteiger partial charge in [-0.1, -0.05) is 6.07 Å². The Bertz CT molecular complexity index is 450. The first-order valence-electron chi connectivity index (χ1n) is 3.69. The average molecular weight is 179 g/mol. The number of nitrogens with one attached hydrogen (secondary N) is 1. The molecule has 0 saturated carbocycles. The highest BCUT2D eigenvalue weighted by Gasteiger charge is 2.08. The molecule has 1 heterocycles. The summed E-state index contributed by atoms with van der Waals surface area (Å²) in [5.74, 6) is -0.196. The van der Waals surface area contributed by atoms with Crippen molar-refractivity contribution in [3.63, 3.8) is 0 Å². The van der Waals surface area contributed by atoms with Gasteiger partial charge in [-0.25, -0.2) is 4.39 Å². The second-order valence-corrected chi connectivity index (χ2v) is 2.53. The van der Waals surface area contributed by atoms with E-state index in [2.05, 4.69) is 9.72 Å². The van der Waals surface area contributed by atoms with E-state index in [0.717, 1.165) is 0 Å². The SMILES string of the molecule is O=COc1c[nH]c2cccc(F)c12. The van der Waals surface area contributed by atoms with Crippen LogP contribution in [0.15, 0.2) is 24.4 Å².